The molecule has 1 N–H and O–H groups in total. The Hall–Kier alpha value is -0.910. The molecule has 0 fully saturated rings. The van der Waals surface area contributed by atoms with Gasteiger partial charge in [0.1, 0.15) is 6.61 Å². The zero-order chi connectivity index (χ0) is 11.1. The number of aliphatic hydroxyl groups excluding tert-OH is 1. The summed E-state index contributed by atoms with van der Waals surface area (Å²) < 4.78 is 0. The van der Waals surface area contributed by atoms with Crippen LogP contribution in [0.15, 0.2) is 24.3 Å². The molecule has 2 heteroatoms. The third-order valence-corrected chi connectivity index (χ3v) is 2.99. The van der Waals surface area contributed by atoms with E-state index in [9.17, 15) is 0 Å². The fraction of sp³-hybridized carbons (Fsp3) is 0.385. The summed E-state index contributed by atoms with van der Waals surface area (Å²) in [5.41, 5.74) is 2.27. The summed E-state index contributed by atoms with van der Waals surface area (Å²) in [6, 6.07) is 8.17. The summed E-state index contributed by atoms with van der Waals surface area (Å²) in [6.45, 7) is 4.31. The van der Waals surface area contributed by atoms with Crippen molar-refractivity contribution in [3.63, 3.8) is 0 Å². The Morgan fingerprint density at radius 3 is 2.87 bits per heavy atom. The van der Waals surface area contributed by atoms with Crippen LogP contribution < -0.4 is 0 Å². The van der Waals surface area contributed by atoms with Gasteiger partial charge in [-0.1, -0.05) is 37.8 Å². The summed E-state index contributed by atoms with van der Waals surface area (Å²) in [7, 11) is 0. The van der Waals surface area contributed by atoms with E-state index in [4.69, 9.17) is 5.11 Å². The second-order valence-electron chi connectivity index (χ2n) is 3.52. The van der Waals surface area contributed by atoms with Gasteiger partial charge in [0.2, 0.25) is 0 Å². The SMILES string of the molecule is CC(C)SCc1cccc(C#CCO)c1. The molecule has 0 aliphatic carbocycles. The van der Waals surface area contributed by atoms with Crippen molar-refractivity contribution in [2.75, 3.05) is 6.61 Å². The van der Waals surface area contributed by atoms with Crippen LogP contribution in [-0.2, 0) is 5.75 Å². The summed E-state index contributed by atoms with van der Waals surface area (Å²) in [6.07, 6.45) is 0. The van der Waals surface area contributed by atoms with E-state index in [1.807, 2.05) is 23.9 Å². The van der Waals surface area contributed by atoms with Crippen molar-refractivity contribution in [3.8, 4) is 11.8 Å². The minimum absolute atomic E-state index is 0.0784. The molecule has 0 unspecified atom stereocenters. The third-order valence-electron chi connectivity index (χ3n) is 1.82. The number of hydrogen-bond donors (Lipinski definition) is 1. The van der Waals surface area contributed by atoms with E-state index in [-0.39, 0.29) is 6.61 Å². The summed E-state index contributed by atoms with van der Waals surface area (Å²) in [5, 5.41) is 9.25. The Labute approximate surface area is 95.9 Å². The van der Waals surface area contributed by atoms with Crippen molar-refractivity contribution in [2.45, 2.75) is 24.9 Å². The predicted molar refractivity (Wildman–Crippen MR) is 66.8 cm³/mol. The van der Waals surface area contributed by atoms with Crippen LogP contribution in [0.3, 0.4) is 0 Å². The zero-order valence-corrected chi connectivity index (χ0v) is 9.97. The topological polar surface area (TPSA) is 20.2 Å². The second kappa shape index (κ2) is 6.55. The lowest BCUT2D eigenvalue weighted by molar-refractivity contribution is 0.350. The highest BCUT2D eigenvalue weighted by atomic mass is 32.2. The number of hydrogen-bond acceptors (Lipinski definition) is 2. The lowest BCUT2D eigenvalue weighted by Gasteiger charge is -2.04. The molecule has 0 amide bonds. The highest BCUT2D eigenvalue weighted by Crippen LogP contribution is 2.17. The monoisotopic (exact) mass is 220 g/mol. The highest BCUT2D eigenvalue weighted by Gasteiger charge is 1.97. The van der Waals surface area contributed by atoms with E-state index >= 15 is 0 Å². The molecule has 15 heavy (non-hydrogen) atoms. The van der Waals surface area contributed by atoms with Crippen LogP contribution in [0, 0.1) is 11.8 Å². The lowest BCUT2D eigenvalue weighted by atomic mass is 10.1. The standard InChI is InChI=1S/C13H16OS/c1-11(2)15-10-13-6-3-5-12(9-13)7-4-8-14/h3,5-6,9,11,14H,8,10H2,1-2H3. The number of benzene rings is 1. The first-order valence-electron chi connectivity index (χ1n) is 5.02. The van der Waals surface area contributed by atoms with Crippen LogP contribution in [0.1, 0.15) is 25.0 Å². The summed E-state index contributed by atoms with van der Waals surface area (Å²) in [4.78, 5) is 0. The van der Waals surface area contributed by atoms with Crippen LogP contribution in [0.4, 0.5) is 0 Å². The van der Waals surface area contributed by atoms with Crippen LogP contribution >= 0.6 is 11.8 Å². The Balaban J connectivity index is 2.65. The van der Waals surface area contributed by atoms with Gasteiger partial charge in [0.15, 0.2) is 0 Å². The van der Waals surface area contributed by atoms with E-state index in [1.165, 1.54) is 5.56 Å². The Morgan fingerprint density at radius 1 is 1.40 bits per heavy atom. The van der Waals surface area contributed by atoms with E-state index < -0.39 is 0 Å². The van der Waals surface area contributed by atoms with Crippen molar-refractivity contribution in [1.29, 1.82) is 0 Å². The first-order valence-corrected chi connectivity index (χ1v) is 6.07. The predicted octanol–water partition coefficient (Wildman–Crippen LogP) is 2.67. The fourth-order valence-corrected chi connectivity index (χ4v) is 1.85. The molecule has 0 atom stereocenters. The molecule has 1 rings (SSSR count). The van der Waals surface area contributed by atoms with Gasteiger partial charge in [-0.2, -0.15) is 11.8 Å². The maximum Gasteiger partial charge on any atom is 0.104 e. The van der Waals surface area contributed by atoms with E-state index in [2.05, 4.69) is 37.8 Å². The zero-order valence-electron chi connectivity index (χ0n) is 9.16. The molecule has 0 bridgehead atoms. The van der Waals surface area contributed by atoms with Crippen molar-refractivity contribution in [1.82, 2.24) is 0 Å². The van der Waals surface area contributed by atoms with Crippen molar-refractivity contribution >= 4 is 11.8 Å². The maximum atomic E-state index is 8.60. The first-order chi connectivity index (χ1) is 7.22. The summed E-state index contributed by atoms with van der Waals surface area (Å²) >= 11 is 1.92. The number of thioether (sulfide) groups is 1. The normalized spacial score (nSPS) is 9.87. The molecule has 0 aromatic heterocycles. The van der Waals surface area contributed by atoms with E-state index in [0.717, 1.165) is 11.3 Å². The summed E-state index contributed by atoms with van der Waals surface area (Å²) in [5.74, 6) is 6.59. The van der Waals surface area contributed by atoms with Gasteiger partial charge < -0.3 is 5.11 Å². The van der Waals surface area contributed by atoms with Crippen LogP contribution in [0.25, 0.3) is 0 Å². The highest BCUT2D eigenvalue weighted by molar-refractivity contribution is 7.99. The van der Waals surface area contributed by atoms with Gasteiger partial charge in [-0.25, -0.2) is 0 Å². The Bertz CT molecular complexity index is 360. The average molecular weight is 220 g/mol. The molecule has 1 aromatic carbocycles. The molecule has 0 aliphatic heterocycles. The minimum atomic E-state index is -0.0784. The smallest absolute Gasteiger partial charge is 0.104 e. The van der Waals surface area contributed by atoms with Gasteiger partial charge in [-0.3, -0.25) is 0 Å². The van der Waals surface area contributed by atoms with Crippen molar-refractivity contribution in [3.05, 3.63) is 35.4 Å². The van der Waals surface area contributed by atoms with E-state index in [0.29, 0.717) is 5.25 Å². The molecule has 0 saturated heterocycles. The molecule has 1 aromatic rings. The minimum Gasteiger partial charge on any atom is -0.384 e. The van der Waals surface area contributed by atoms with Crippen molar-refractivity contribution in [2.24, 2.45) is 0 Å². The van der Waals surface area contributed by atoms with Crippen LogP contribution in [-0.4, -0.2) is 17.0 Å². The average Bonchev–Trinajstić information content (AvgIpc) is 2.24. The third kappa shape index (κ3) is 4.92. The van der Waals surface area contributed by atoms with Gasteiger partial charge in [-0.15, -0.1) is 0 Å². The molecule has 0 aliphatic rings. The van der Waals surface area contributed by atoms with E-state index in [1.54, 1.807) is 0 Å². The molecule has 0 radical (unpaired) electrons. The maximum absolute atomic E-state index is 8.60. The lowest BCUT2D eigenvalue weighted by Crippen LogP contribution is -1.89. The molecule has 0 spiro atoms. The van der Waals surface area contributed by atoms with Gasteiger partial charge in [0, 0.05) is 11.3 Å². The van der Waals surface area contributed by atoms with Crippen LogP contribution in [0.5, 0.6) is 0 Å². The molecule has 0 heterocycles. The number of aliphatic hydroxyl groups is 1. The number of rotatable bonds is 3. The van der Waals surface area contributed by atoms with Gasteiger partial charge in [-0.05, 0) is 22.9 Å². The first kappa shape index (κ1) is 12.2. The second-order valence-corrected chi connectivity index (χ2v) is 5.08. The quantitative estimate of drug-likeness (QED) is 0.790. The largest absolute Gasteiger partial charge is 0.384 e. The molecular formula is C13H16OS. The Morgan fingerprint density at radius 2 is 2.20 bits per heavy atom. The fourth-order valence-electron chi connectivity index (χ4n) is 1.14. The molecular weight excluding hydrogens is 204 g/mol. The van der Waals surface area contributed by atoms with Gasteiger partial charge in [0.05, 0.1) is 0 Å². The molecule has 0 saturated carbocycles. The molecule has 80 valence electrons. The molecule has 1 nitrogen and oxygen atoms in total. The van der Waals surface area contributed by atoms with Crippen molar-refractivity contribution < 1.29 is 5.11 Å². The van der Waals surface area contributed by atoms with Gasteiger partial charge >= 0.3 is 0 Å². The van der Waals surface area contributed by atoms with Gasteiger partial charge in [0.25, 0.3) is 0 Å². The Kier molecular flexibility index (Phi) is 5.31. The van der Waals surface area contributed by atoms with Crippen LogP contribution in [0.2, 0.25) is 0 Å².